The molecule has 1 atom stereocenters. The van der Waals surface area contributed by atoms with Crippen LogP contribution in [0.2, 0.25) is 0 Å². The first-order valence-corrected chi connectivity index (χ1v) is 10.4. The van der Waals surface area contributed by atoms with Crippen LogP contribution < -0.4 is 4.90 Å². The Bertz CT molecular complexity index is 672. The molecule has 7 heteroatoms. The molecule has 0 aromatic heterocycles. The van der Waals surface area contributed by atoms with Crippen molar-refractivity contribution in [2.75, 3.05) is 10.7 Å². The number of hydrogen-bond acceptors (Lipinski definition) is 4. The number of para-hydroxylation sites is 1. The Morgan fingerprint density at radius 3 is 2.48 bits per heavy atom. The van der Waals surface area contributed by atoms with Gasteiger partial charge < -0.3 is 0 Å². The summed E-state index contributed by atoms with van der Waals surface area (Å²) in [6.07, 6.45) is 3.04. The predicted molar refractivity (Wildman–Crippen MR) is 96.3 cm³/mol. The number of carbonyl (C=O) groups excluding carboxylic acids is 1. The second kappa shape index (κ2) is 7.97. The van der Waals surface area contributed by atoms with Gasteiger partial charge in [0.05, 0.1) is 16.7 Å². The fourth-order valence-electron chi connectivity index (χ4n) is 2.30. The van der Waals surface area contributed by atoms with E-state index in [0.29, 0.717) is 18.5 Å². The topological polar surface area (TPSA) is 66.8 Å². The maximum absolute atomic E-state index is 12.5. The van der Waals surface area contributed by atoms with Crippen molar-refractivity contribution in [1.29, 1.82) is 0 Å². The van der Waals surface area contributed by atoms with Gasteiger partial charge in [-0.3, -0.25) is 9.69 Å². The molecule has 0 N–H and O–H groups in total. The van der Waals surface area contributed by atoms with Crippen LogP contribution in [0, 0.1) is 0 Å². The highest BCUT2D eigenvalue weighted by molar-refractivity contribution is 8.16. The Balaban J connectivity index is 2.30. The van der Waals surface area contributed by atoms with Crippen molar-refractivity contribution < 1.29 is 13.2 Å². The lowest BCUT2D eigenvalue weighted by molar-refractivity contribution is -0.116. The SMILES string of the molecule is CCCCCS(=O)(=O)/N=C1/SC(CC)C(=O)N1c1ccccc1. The number of sulfonamides is 1. The first-order chi connectivity index (χ1) is 11.0. The van der Waals surface area contributed by atoms with Gasteiger partial charge in [-0.25, -0.2) is 8.42 Å². The van der Waals surface area contributed by atoms with E-state index in [0.717, 1.165) is 12.8 Å². The Morgan fingerprint density at radius 2 is 1.87 bits per heavy atom. The van der Waals surface area contributed by atoms with Gasteiger partial charge in [-0.1, -0.05) is 56.7 Å². The minimum absolute atomic E-state index is 0.0263. The average molecular weight is 354 g/mol. The molecular formula is C16H22N2O3S2. The minimum Gasteiger partial charge on any atom is -0.273 e. The lowest BCUT2D eigenvalue weighted by atomic mass is 10.2. The number of unbranched alkanes of at least 4 members (excludes halogenated alkanes) is 2. The average Bonchev–Trinajstić information content (AvgIpc) is 2.83. The van der Waals surface area contributed by atoms with Crippen molar-refractivity contribution in [2.24, 2.45) is 4.40 Å². The summed E-state index contributed by atoms with van der Waals surface area (Å²) in [6.45, 7) is 3.93. The largest absolute Gasteiger partial charge is 0.273 e. The van der Waals surface area contributed by atoms with E-state index in [1.807, 2.05) is 32.0 Å². The van der Waals surface area contributed by atoms with Crippen LogP contribution in [0.4, 0.5) is 5.69 Å². The second-order valence-electron chi connectivity index (χ2n) is 5.39. The number of amides is 1. The van der Waals surface area contributed by atoms with Crippen LogP contribution in [0.5, 0.6) is 0 Å². The van der Waals surface area contributed by atoms with Gasteiger partial charge in [0.1, 0.15) is 0 Å². The molecule has 0 spiro atoms. The number of nitrogens with zero attached hydrogens (tertiary/aromatic N) is 2. The molecule has 0 radical (unpaired) electrons. The highest BCUT2D eigenvalue weighted by atomic mass is 32.2. The van der Waals surface area contributed by atoms with Gasteiger partial charge in [-0.05, 0) is 25.0 Å². The summed E-state index contributed by atoms with van der Waals surface area (Å²) in [5.41, 5.74) is 0.656. The monoisotopic (exact) mass is 354 g/mol. The number of thioether (sulfide) groups is 1. The summed E-state index contributed by atoms with van der Waals surface area (Å²) in [5.74, 6) is -0.0791. The van der Waals surface area contributed by atoms with Gasteiger partial charge in [0.25, 0.3) is 10.0 Å². The maximum Gasteiger partial charge on any atom is 0.255 e. The third-order valence-corrected chi connectivity index (χ3v) is 6.22. The molecule has 1 heterocycles. The standard InChI is InChI=1S/C16H22N2O3S2/c1-3-5-9-12-23(20,21)17-16-18(13-10-7-6-8-11-13)15(19)14(4-2)22-16/h6-8,10-11,14H,3-5,9,12H2,1-2H3/b17-16+. The molecule has 0 aliphatic carbocycles. The zero-order valence-electron chi connectivity index (χ0n) is 13.4. The van der Waals surface area contributed by atoms with E-state index in [4.69, 9.17) is 0 Å². The number of benzene rings is 1. The van der Waals surface area contributed by atoms with Crippen molar-refractivity contribution in [3.05, 3.63) is 30.3 Å². The van der Waals surface area contributed by atoms with E-state index in [2.05, 4.69) is 4.40 Å². The maximum atomic E-state index is 12.5. The first kappa shape index (κ1) is 18.0. The number of anilines is 1. The summed E-state index contributed by atoms with van der Waals surface area (Å²) < 4.78 is 28.3. The summed E-state index contributed by atoms with van der Waals surface area (Å²) in [5, 5.41) is -0.00986. The molecular weight excluding hydrogens is 332 g/mol. The summed E-state index contributed by atoms with van der Waals surface area (Å²) in [4.78, 5) is 13.9. The van der Waals surface area contributed by atoms with Gasteiger partial charge in [-0.15, -0.1) is 4.40 Å². The van der Waals surface area contributed by atoms with Crippen LogP contribution in [0.15, 0.2) is 34.7 Å². The molecule has 1 saturated heterocycles. The van der Waals surface area contributed by atoms with Crippen LogP contribution in [0.25, 0.3) is 0 Å². The highest BCUT2D eigenvalue weighted by Crippen LogP contribution is 2.33. The van der Waals surface area contributed by atoms with Gasteiger partial charge >= 0.3 is 0 Å². The zero-order chi connectivity index (χ0) is 16.9. The lowest BCUT2D eigenvalue weighted by Crippen LogP contribution is -2.32. The fourth-order valence-corrected chi connectivity index (χ4v) is 4.72. The quantitative estimate of drug-likeness (QED) is 0.704. The Morgan fingerprint density at radius 1 is 1.17 bits per heavy atom. The lowest BCUT2D eigenvalue weighted by Gasteiger charge is -2.16. The molecule has 23 heavy (non-hydrogen) atoms. The highest BCUT2D eigenvalue weighted by Gasteiger charge is 2.38. The Labute approximate surface area is 142 Å². The van der Waals surface area contributed by atoms with Crippen molar-refractivity contribution in [3.8, 4) is 0 Å². The third kappa shape index (κ3) is 4.57. The molecule has 1 aromatic rings. The molecule has 1 amide bonds. The number of amidine groups is 1. The van der Waals surface area contributed by atoms with E-state index >= 15 is 0 Å². The van der Waals surface area contributed by atoms with Gasteiger partial charge in [0.2, 0.25) is 5.91 Å². The number of carbonyl (C=O) groups is 1. The van der Waals surface area contributed by atoms with E-state index in [9.17, 15) is 13.2 Å². The molecule has 1 aliphatic rings. The van der Waals surface area contributed by atoms with Crippen molar-refractivity contribution >= 4 is 38.5 Å². The smallest absolute Gasteiger partial charge is 0.255 e. The molecule has 1 aromatic carbocycles. The fraction of sp³-hybridized carbons (Fsp3) is 0.500. The summed E-state index contributed by atoms with van der Waals surface area (Å²) in [6, 6.07) is 9.07. The van der Waals surface area contributed by atoms with Crippen molar-refractivity contribution in [3.63, 3.8) is 0 Å². The molecule has 1 unspecified atom stereocenters. The van der Waals surface area contributed by atoms with Crippen LogP contribution in [-0.4, -0.2) is 30.5 Å². The van der Waals surface area contributed by atoms with Crippen LogP contribution in [0.3, 0.4) is 0 Å². The van der Waals surface area contributed by atoms with Crippen molar-refractivity contribution in [1.82, 2.24) is 0 Å². The van der Waals surface area contributed by atoms with E-state index in [1.165, 1.54) is 16.7 Å². The molecule has 126 valence electrons. The molecule has 5 nitrogen and oxygen atoms in total. The molecule has 1 fully saturated rings. The van der Waals surface area contributed by atoms with E-state index < -0.39 is 10.0 Å². The summed E-state index contributed by atoms with van der Waals surface area (Å²) >= 11 is 1.24. The molecule has 2 rings (SSSR count). The Kier molecular flexibility index (Phi) is 6.24. The van der Waals surface area contributed by atoms with Gasteiger partial charge in [0.15, 0.2) is 5.17 Å². The van der Waals surface area contributed by atoms with Crippen LogP contribution >= 0.6 is 11.8 Å². The van der Waals surface area contributed by atoms with Crippen LogP contribution in [-0.2, 0) is 14.8 Å². The minimum atomic E-state index is -3.56. The third-order valence-electron chi connectivity index (χ3n) is 3.54. The number of hydrogen-bond donors (Lipinski definition) is 0. The summed E-state index contributed by atoms with van der Waals surface area (Å²) in [7, 11) is -3.56. The predicted octanol–water partition coefficient (Wildman–Crippen LogP) is 3.42. The molecule has 0 bridgehead atoms. The van der Waals surface area contributed by atoms with Crippen molar-refractivity contribution in [2.45, 2.75) is 44.8 Å². The second-order valence-corrected chi connectivity index (χ2v) is 8.32. The zero-order valence-corrected chi connectivity index (χ0v) is 15.1. The Hall–Kier alpha value is -1.34. The van der Waals surface area contributed by atoms with Crippen LogP contribution in [0.1, 0.15) is 39.5 Å². The normalized spacial score (nSPS) is 20.4. The first-order valence-electron chi connectivity index (χ1n) is 7.86. The van der Waals surface area contributed by atoms with E-state index in [1.54, 1.807) is 12.1 Å². The van der Waals surface area contributed by atoms with Gasteiger partial charge in [0, 0.05) is 0 Å². The molecule has 0 saturated carbocycles. The number of rotatable bonds is 7. The van der Waals surface area contributed by atoms with E-state index in [-0.39, 0.29) is 22.1 Å². The molecule has 1 aliphatic heterocycles. The van der Waals surface area contributed by atoms with Gasteiger partial charge in [-0.2, -0.15) is 0 Å².